The Balaban J connectivity index is 1.64. The Labute approximate surface area is 209 Å². The van der Waals surface area contributed by atoms with Gasteiger partial charge in [0.1, 0.15) is 5.60 Å². The number of hydrogen-bond donors (Lipinski definition) is 3. The zero-order valence-corrected chi connectivity index (χ0v) is 21.6. The third kappa shape index (κ3) is 3.56. The van der Waals surface area contributed by atoms with E-state index in [0.717, 1.165) is 22.9 Å². The summed E-state index contributed by atoms with van der Waals surface area (Å²) in [5, 5.41) is 2.76. The van der Waals surface area contributed by atoms with Gasteiger partial charge in [0, 0.05) is 16.9 Å². The van der Waals surface area contributed by atoms with Crippen LogP contribution in [0.1, 0.15) is 58.4 Å². The third-order valence-electron chi connectivity index (χ3n) is 8.06. The quantitative estimate of drug-likeness (QED) is 0.347. The fourth-order valence-corrected chi connectivity index (χ4v) is 7.11. The zero-order chi connectivity index (χ0) is 24.9. The largest absolute Gasteiger partial charge is 0.444 e. The summed E-state index contributed by atoms with van der Waals surface area (Å²) in [6.07, 6.45) is 7.28. The number of carbonyl (C=O) groups excluding carboxylic acids is 3. The first kappa shape index (κ1) is 24.8. The maximum absolute atomic E-state index is 13.4. The summed E-state index contributed by atoms with van der Waals surface area (Å²) < 4.78 is 6.17. The highest BCUT2D eigenvalue weighted by Gasteiger charge is 2.82. The molecule has 34 heavy (non-hydrogen) atoms. The molecule has 4 atom stereocenters. The normalized spacial score (nSPS) is 30.4. The Hall–Kier alpha value is -2.35. The number of halogens is 1. The summed E-state index contributed by atoms with van der Waals surface area (Å²) in [5.74, 6) is -1.26. The molecule has 8 heteroatoms. The molecule has 2 saturated carbocycles. The molecule has 2 fully saturated rings. The van der Waals surface area contributed by atoms with Gasteiger partial charge >= 0.3 is 6.09 Å². The van der Waals surface area contributed by atoms with Crippen LogP contribution in [0.3, 0.4) is 0 Å². The second kappa shape index (κ2) is 8.40. The molecule has 3 aliphatic rings. The monoisotopic (exact) mass is 531 g/mol. The van der Waals surface area contributed by atoms with Gasteiger partial charge < -0.3 is 21.5 Å². The second-order valence-corrected chi connectivity index (χ2v) is 11.9. The van der Waals surface area contributed by atoms with Gasteiger partial charge in [-0.3, -0.25) is 9.59 Å². The van der Waals surface area contributed by atoms with Crippen LogP contribution in [-0.2, 0) is 19.7 Å². The van der Waals surface area contributed by atoms with Gasteiger partial charge in [-0.1, -0.05) is 46.6 Å². The van der Waals surface area contributed by atoms with E-state index in [0.29, 0.717) is 25.8 Å². The highest BCUT2D eigenvalue weighted by molar-refractivity contribution is 9.10. The van der Waals surface area contributed by atoms with Crippen molar-refractivity contribution in [2.45, 2.75) is 63.9 Å². The molecule has 2 bridgehead atoms. The molecule has 3 aliphatic carbocycles. The number of ether oxygens (including phenoxy) is 1. The first-order valence-corrected chi connectivity index (χ1v) is 12.7. The number of benzene rings is 1. The highest BCUT2D eigenvalue weighted by Crippen LogP contribution is 2.80. The number of nitrogens with one attached hydrogen (secondary N) is 1. The van der Waals surface area contributed by atoms with E-state index in [1.54, 1.807) is 0 Å². The van der Waals surface area contributed by atoms with Crippen LogP contribution in [0.15, 0.2) is 40.9 Å². The van der Waals surface area contributed by atoms with Gasteiger partial charge in [-0.05, 0) is 75.5 Å². The predicted octanol–water partition coefficient (Wildman–Crippen LogP) is 3.93. The Bertz CT molecular complexity index is 1030. The molecule has 1 aromatic rings. The molecule has 3 amide bonds. The van der Waals surface area contributed by atoms with Crippen molar-refractivity contribution in [3.63, 3.8) is 0 Å². The van der Waals surface area contributed by atoms with E-state index in [4.69, 9.17) is 16.2 Å². The van der Waals surface area contributed by atoms with E-state index in [-0.39, 0.29) is 17.3 Å². The summed E-state index contributed by atoms with van der Waals surface area (Å²) in [5.41, 5.74) is 10.1. The van der Waals surface area contributed by atoms with Gasteiger partial charge in [-0.25, -0.2) is 4.79 Å². The van der Waals surface area contributed by atoms with Gasteiger partial charge in [0.05, 0.1) is 10.8 Å². The number of hydrogen-bond acceptors (Lipinski definition) is 4. The molecular formula is C26H34BrN3O4. The fourth-order valence-electron chi connectivity index (χ4n) is 6.84. The fraction of sp³-hybridized carbons (Fsp3) is 0.577. The van der Waals surface area contributed by atoms with Crippen molar-refractivity contribution < 1.29 is 19.1 Å². The molecule has 184 valence electrons. The standard InChI is InChI=1S/C26H34BrN3O4/c1-23(2,3)34-22(33)30-15-5-4-12-25(20(28)31)18-10-11-19(24(18)13-14-24)26(25,21(29)32)16-6-8-17(27)9-7-16/h6-11,18-19H,4-5,12-15H2,1-3H3,(H2,28,31)(H2,29,32)(H,30,33)/t18-,19+,25+,26-/m1/s1. The summed E-state index contributed by atoms with van der Waals surface area (Å²) in [6, 6.07) is 7.54. The van der Waals surface area contributed by atoms with Crippen LogP contribution in [0.5, 0.6) is 0 Å². The minimum absolute atomic E-state index is 0.127. The number of unbranched alkanes of at least 4 members (excludes halogenated alkanes) is 1. The number of nitrogens with two attached hydrogens (primary N) is 2. The van der Waals surface area contributed by atoms with E-state index < -0.39 is 34.3 Å². The SMILES string of the molecule is CC(C)(C)OC(=O)NCCCC[C@@]1(C(N)=O)[C@@H]2C=C[C@@H](C23CC3)[C@@]1(C(N)=O)c1ccc(Br)cc1. The smallest absolute Gasteiger partial charge is 0.407 e. The molecule has 0 saturated heterocycles. The Morgan fingerprint density at radius 3 is 2.18 bits per heavy atom. The van der Waals surface area contributed by atoms with Crippen molar-refractivity contribution in [3.05, 3.63) is 46.5 Å². The Morgan fingerprint density at radius 1 is 1.03 bits per heavy atom. The number of rotatable bonds is 8. The summed E-state index contributed by atoms with van der Waals surface area (Å²) in [7, 11) is 0. The lowest BCUT2D eigenvalue weighted by Gasteiger charge is -2.48. The number of allylic oxidation sites excluding steroid dienone is 2. The number of alkyl carbamates (subject to hydrolysis) is 1. The lowest BCUT2D eigenvalue weighted by molar-refractivity contribution is -0.143. The van der Waals surface area contributed by atoms with Crippen molar-refractivity contribution >= 4 is 33.8 Å². The minimum Gasteiger partial charge on any atom is -0.444 e. The van der Waals surface area contributed by atoms with E-state index in [1.807, 2.05) is 45.0 Å². The molecule has 1 aromatic carbocycles. The number of amides is 3. The van der Waals surface area contributed by atoms with E-state index in [1.165, 1.54) is 0 Å². The van der Waals surface area contributed by atoms with E-state index >= 15 is 0 Å². The molecule has 0 unspecified atom stereocenters. The van der Waals surface area contributed by atoms with Crippen LogP contribution in [-0.4, -0.2) is 30.1 Å². The molecule has 0 radical (unpaired) electrons. The van der Waals surface area contributed by atoms with Crippen molar-refractivity contribution in [3.8, 4) is 0 Å². The van der Waals surface area contributed by atoms with Crippen LogP contribution < -0.4 is 16.8 Å². The van der Waals surface area contributed by atoms with Crippen LogP contribution in [0.4, 0.5) is 4.79 Å². The zero-order valence-electron chi connectivity index (χ0n) is 20.0. The summed E-state index contributed by atoms with van der Waals surface area (Å²) >= 11 is 3.46. The first-order chi connectivity index (χ1) is 15.9. The summed E-state index contributed by atoms with van der Waals surface area (Å²) in [6.45, 7) is 5.84. The van der Waals surface area contributed by atoms with Crippen LogP contribution in [0.2, 0.25) is 0 Å². The molecule has 5 N–H and O–H groups in total. The maximum Gasteiger partial charge on any atom is 0.407 e. The molecule has 4 rings (SSSR count). The molecule has 0 aromatic heterocycles. The van der Waals surface area contributed by atoms with E-state index in [9.17, 15) is 14.4 Å². The van der Waals surface area contributed by atoms with Crippen molar-refractivity contribution in [2.75, 3.05) is 6.54 Å². The Morgan fingerprint density at radius 2 is 1.65 bits per heavy atom. The van der Waals surface area contributed by atoms with Gasteiger partial charge in [0.2, 0.25) is 11.8 Å². The van der Waals surface area contributed by atoms with Gasteiger partial charge in [-0.2, -0.15) is 0 Å². The van der Waals surface area contributed by atoms with Crippen molar-refractivity contribution in [1.29, 1.82) is 0 Å². The average Bonchev–Trinajstić information content (AvgIpc) is 3.40. The minimum atomic E-state index is -1.20. The van der Waals surface area contributed by atoms with Gasteiger partial charge in [0.15, 0.2) is 0 Å². The Kier molecular flexibility index (Phi) is 6.12. The lowest BCUT2D eigenvalue weighted by Crippen LogP contribution is -2.62. The number of primary amides is 2. The molecular weight excluding hydrogens is 498 g/mol. The average molecular weight is 532 g/mol. The van der Waals surface area contributed by atoms with Gasteiger partial charge in [0.25, 0.3) is 0 Å². The van der Waals surface area contributed by atoms with Crippen LogP contribution in [0, 0.1) is 22.7 Å². The van der Waals surface area contributed by atoms with E-state index in [2.05, 4.69) is 33.4 Å². The third-order valence-corrected chi connectivity index (χ3v) is 8.59. The summed E-state index contributed by atoms with van der Waals surface area (Å²) in [4.78, 5) is 38.8. The second-order valence-electron chi connectivity index (χ2n) is 11.0. The number of carbonyl (C=O) groups is 3. The highest BCUT2D eigenvalue weighted by atomic mass is 79.9. The van der Waals surface area contributed by atoms with Crippen molar-refractivity contribution in [1.82, 2.24) is 5.32 Å². The van der Waals surface area contributed by atoms with Crippen LogP contribution in [0.25, 0.3) is 0 Å². The maximum atomic E-state index is 13.4. The molecule has 0 heterocycles. The topological polar surface area (TPSA) is 125 Å². The predicted molar refractivity (Wildman–Crippen MR) is 133 cm³/mol. The van der Waals surface area contributed by atoms with Crippen LogP contribution >= 0.6 is 15.9 Å². The molecule has 0 aliphatic heterocycles. The van der Waals surface area contributed by atoms with Crippen molar-refractivity contribution in [2.24, 2.45) is 34.1 Å². The first-order valence-electron chi connectivity index (χ1n) is 11.9. The molecule has 1 spiro atoms. The molecule has 7 nitrogen and oxygen atoms in total. The lowest BCUT2D eigenvalue weighted by atomic mass is 9.52. The van der Waals surface area contributed by atoms with Gasteiger partial charge in [-0.15, -0.1) is 0 Å².